The summed E-state index contributed by atoms with van der Waals surface area (Å²) in [4.78, 5) is 12.5. The Kier molecular flexibility index (Phi) is 4.18. The van der Waals surface area contributed by atoms with E-state index in [1.54, 1.807) is 32.4 Å². The minimum atomic E-state index is -0.213. The summed E-state index contributed by atoms with van der Waals surface area (Å²) in [7, 11) is 3.10. The molecule has 1 unspecified atom stereocenters. The molecule has 7 nitrogen and oxygen atoms in total. The number of ether oxygens (including phenoxy) is 2. The number of methoxy groups -OCH3 is 2. The number of nitrogens with zero attached hydrogens (tertiary/aromatic N) is 3. The van der Waals surface area contributed by atoms with Crippen LogP contribution in [0, 0.1) is 0 Å². The van der Waals surface area contributed by atoms with Crippen LogP contribution in [0.1, 0.15) is 41.4 Å². The van der Waals surface area contributed by atoms with Gasteiger partial charge in [-0.1, -0.05) is 0 Å². The highest BCUT2D eigenvalue weighted by Crippen LogP contribution is 2.28. The fraction of sp³-hybridized carbons (Fsp3) is 0.438. The van der Waals surface area contributed by atoms with Crippen LogP contribution in [0.5, 0.6) is 11.5 Å². The van der Waals surface area contributed by atoms with Gasteiger partial charge in [-0.3, -0.25) is 4.79 Å². The number of carbonyl (C=O) groups excluding carboxylic acids is 1. The topological polar surface area (TPSA) is 78.3 Å². The van der Waals surface area contributed by atoms with Gasteiger partial charge in [-0.2, -0.15) is 0 Å². The number of fused-ring (bicyclic) bond motifs is 1. The number of hydrogen-bond acceptors (Lipinski definition) is 5. The van der Waals surface area contributed by atoms with Gasteiger partial charge >= 0.3 is 0 Å². The molecule has 122 valence electrons. The van der Waals surface area contributed by atoms with Gasteiger partial charge in [-0.15, -0.1) is 10.2 Å². The van der Waals surface area contributed by atoms with E-state index in [1.807, 2.05) is 6.92 Å². The standard InChI is InChI=1S/C16H20N4O3/c1-10(15-19-18-14-5-4-8-20(14)15)17-16(21)11-6-7-12(22-2)13(9-11)23-3/h6-7,9-10H,4-5,8H2,1-3H3,(H,17,21). The maximum atomic E-state index is 12.5. The molecule has 0 saturated carbocycles. The SMILES string of the molecule is COc1ccc(C(=O)NC(C)c2nnc3n2CCC3)cc1OC. The summed E-state index contributed by atoms with van der Waals surface area (Å²) in [6, 6.07) is 4.87. The number of aryl methyl sites for hydroxylation is 1. The van der Waals surface area contributed by atoms with Crippen LogP contribution in [0.4, 0.5) is 0 Å². The third kappa shape index (κ3) is 2.86. The van der Waals surface area contributed by atoms with Gasteiger partial charge in [0.25, 0.3) is 5.91 Å². The van der Waals surface area contributed by atoms with Crippen molar-refractivity contribution in [2.45, 2.75) is 32.4 Å². The second-order valence-corrected chi connectivity index (χ2v) is 5.49. The lowest BCUT2D eigenvalue weighted by Gasteiger charge is -2.15. The highest BCUT2D eigenvalue weighted by Gasteiger charge is 2.23. The van der Waals surface area contributed by atoms with Crippen LogP contribution in [0.2, 0.25) is 0 Å². The number of hydrogen-bond donors (Lipinski definition) is 1. The molecule has 1 amide bonds. The molecule has 0 aliphatic carbocycles. The lowest BCUT2D eigenvalue weighted by Crippen LogP contribution is -2.28. The number of nitrogens with one attached hydrogen (secondary N) is 1. The Bertz CT molecular complexity index is 726. The normalized spacial score (nSPS) is 14.2. The molecule has 1 aromatic carbocycles. The summed E-state index contributed by atoms with van der Waals surface area (Å²) < 4.78 is 12.5. The van der Waals surface area contributed by atoms with E-state index in [1.165, 1.54) is 0 Å². The first-order chi connectivity index (χ1) is 11.1. The third-order valence-corrected chi connectivity index (χ3v) is 4.02. The molecule has 2 aromatic rings. The van der Waals surface area contributed by atoms with Crippen molar-refractivity contribution in [1.82, 2.24) is 20.1 Å². The number of carbonyl (C=O) groups is 1. The van der Waals surface area contributed by atoms with Crippen molar-refractivity contribution in [2.75, 3.05) is 14.2 Å². The van der Waals surface area contributed by atoms with Crippen LogP contribution >= 0.6 is 0 Å². The Balaban J connectivity index is 1.76. The largest absolute Gasteiger partial charge is 0.493 e. The van der Waals surface area contributed by atoms with Crippen molar-refractivity contribution in [1.29, 1.82) is 0 Å². The van der Waals surface area contributed by atoms with E-state index in [-0.39, 0.29) is 11.9 Å². The molecule has 0 saturated heterocycles. The molecular formula is C16H20N4O3. The molecule has 1 aliphatic heterocycles. The number of rotatable bonds is 5. The van der Waals surface area contributed by atoms with Crippen molar-refractivity contribution in [3.05, 3.63) is 35.4 Å². The van der Waals surface area contributed by atoms with E-state index < -0.39 is 0 Å². The smallest absolute Gasteiger partial charge is 0.252 e. The van der Waals surface area contributed by atoms with Gasteiger partial charge in [-0.05, 0) is 31.5 Å². The molecule has 7 heteroatoms. The summed E-state index contributed by atoms with van der Waals surface area (Å²) in [5, 5.41) is 11.3. The first-order valence-corrected chi connectivity index (χ1v) is 7.59. The molecule has 1 aromatic heterocycles. The fourth-order valence-corrected chi connectivity index (χ4v) is 2.82. The third-order valence-electron chi connectivity index (χ3n) is 4.02. The summed E-state index contributed by atoms with van der Waals surface area (Å²) in [6.07, 6.45) is 2.03. The Labute approximate surface area is 134 Å². The molecule has 0 bridgehead atoms. The van der Waals surface area contributed by atoms with Gasteiger partial charge < -0.3 is 19.4 Å². The first-order valence-electron chi connectivity index (χ1n) is 7.59. The average molecular weight is 316 g/mol. The summed E-state index contributed by atoms with van der Waals surface area (Å²) >= 11 is 0. The second-order valence-electron chi connectivity index (χ2n) is 5.49. The monoisotopic (exact) mass is 316 g/mol. The van der Waals surface area contributed by atoms with Gasteiger partial charge in [0.2, 0.25) is 0 Å². The predicted octanol–water partition coefficient (Wildman–Crippen LogP) is 1.73. The van der Waals surface area contributed by atoms with Gasteiger partial charge in [-0.25, -0.2) is 0 Å². The summed E-state index contributed by atoms with van der Waals surface area (Å²) in [5.41, 5.74) is 0.510. The first kappa shape index (κ1) is 15.3. The lowest BCUT2D eigenvalue weighted by atomic mass is 10.1. The van der Waals surface area contributed by atoms with Crippen molar-refractivity contribution in [3.8, 4) is 11.5 Å². The van der Waals surface area contributed by atoms with Gasteiger partial charge in [0.15, 0.2) is 17.3 Å². The number of aromatic nitrogens is 3. The molecule has 0 fully saturated rings. The van der Waals surface area contributed by atoms with Crippen LogP contribution in [0.25, 0.3) is 0 Å². The predicted molar refractivity (Wildman–Crippen MR) is 83.8 cm³/mol. The molecular weight excluding hydrogens is 296 g/mol. The fourth-order valence-electron chi connectivity index (χ4n) is 2.82. The molecule has 1 N–H and O–H groups in total. The molecule has 3 rings (SSSR count). The highest BCUT2D eigenvalue weighted by atomic mass is 16.5. The number of amides is 1. The Morgan fingerprint density at radius 2 is 2.04 bits per heavy atom. The van der Waals surface area contributed by atoms with Gasteiger partial charge in [0.05, 0.1) is 20.3 Å². The molecule has 0 spiro atoms. The highest BCUT2D eigenvalue weighted by molar-refractivity contribution is 5.95. The quantitative estimate of drug-likeness (QED) is 0.909. The van der Waals surface area contributed by atoms with E-state index in [4.69, 9.17) is 9.47 Å². The maximum absolute atomic E-state index is 12.5. The summed E-state index contributed by atoms with van der Waals surface area (Å²) in [6.45, 7) is 2.82. The zero-order chi connectivity index (χ0) is 16.4. The van der Waals surface area contributed by atoms with E-state index in [9.17, 15) is 4.79 Å². The van der Waals surface area contributed by atoms with Crippen LogP contribution in [0.3, 0.4) is 0 Å². The van der Waals surface area contributed by atoms with Crippen molar-refractivity contribution < 1.29 is 14.3 Å². The van der Waals surface area contributed by atoms with Crippen LogP contribution in [-0.4, -0.2) is 34.9 Å². The number of benzene rings is 1. The maximum Gasteiger partial charge on any atom is 0.252 e. The Hall–Kier alpha value is -2.57. The molecule has 1 atom stereocenters. The molecule has 0 radical (unpaired) electrons. The van der Waals surface area contributed by atoms with E-state index in [0.29, 0.717) is 17.1 Å². The Morgan fingerprint density at radius 3 is 2.78 bits per heavy atom. The van der Waals surface area contributed by atoms with Gasteiger partial charge in [0, 0.05) is 18.5 Å². The zero-order valence-electron chi connectivity index (χ0n) is 13.5. The van der Waals surface area contributed by atoms with Crippen LogP contribution < -0.4 is 14.8 Å². The minimum absolute atomic E-state index is 0.186. The minimum Gasteiger partial charge on any atom is -0.493 e. The van der Waals surface area contributed by atoms with Crippen LogP contribution in [-0.2, 0) is 13.0 Å². The molecule has 2 heterocycles. The van der Waals surface area contributed by atoms with Gasteiger partial charge in [0.1, 0.15) is 5.82 Å². The van der Waals surface area contributed by atoms with Crippen molar-refractivity contribution in [2.24, 2.45) is 0 Å². The molecule has 1 aliphatic rings. The Morgan fingerprint density at radius 1 is 1.26 bits per heavy atom. The van der Waals surface area contributed by atoms with E-state index in [2.05, 4.69) is 20.1 Å². The van der Waals surface area contributed by atoms with Crippen molar-refractivity contribution in [3.63, 3.8) is 0 Å². The second kappa shape index (κ2) is 6.28. The lowest BCUT2D eigenvalue weighted by molar-refractivity contribution is 0.0937. The van der Waals surface area contributed by atoms with Crippen LogP contribution in [0.15, 0.2) is 18.2 Å². The average Bonchev–Trinajstić information content (AvgIpc) is 3.17. The molecule has 23 heavy (non-hydrogen) atoms. The van der Waals surface area contributed by atoms with E-state index in [0.717, 1.165) is 31.0 Å². The zero-order valence-corrected chi connectivity index (χ0v) is 13.5. The van der Waals surface area contributed by atoms with E-state index >= 15 is 0 Å². The van der Waals surface area contributed by atoms with Crippen molar-refractivity contribution >= 4 is 5.91 Å². The summed E-state index contributed by atoms with van der Waals surface area (Å²) in [5.74, 6) is 2.72.